The van der Waals surface area contributed by atoms with E-state index in [4.69, 9.17) is 5.26 Å². The molecule has 1 aromatic carbocycles. The van der Waals surface area contributed by atoms with Gasteiger partial charge in [0.15, 0.2) is 0 Å². The van der Waals surface area contributed by atoms with Crippen LogP contribution in [-0.4, -0.2) is 49.7 Å². The van der Waals surface area contributed by atoms with Gasteiger partial charge in [-0.25, -0.2) is 8.42 Å². The van der Waals surface area contributed by atoms with Crippen molar-refractivity contribution in [2.75, 3.05) is 26.2 Å². The van der Waals surface area contributed by atoms with Gasteiger partial charge in [-0.2, -0.15) is 9.57 Å². The van der Waals surface area contributed by atoms with E-state index in [1.54, 1.807) is 17.0 Å². The highest BCUT2D eigenvalue weighted by Gasteiger charge is 2.31. The number of nitriles is 1. The van der Waals surface area contributed by atoms with Crippen LogP contribution in [0.4, 0.5) is 0 Å². The van der Waals surface area contributed by atoms with Crippen molar-refractivity contribution in [1.29, 1.82) is 5.26 Å². The first-order valence-corrected chi connectivity index (χ1v) is 9.21. The quantitative estimate of drug-likeness (QED) is 0.818. The Morgan fingerprint density at radius 3 is 2.48 bits per heavy atom. The fraction of sp³-hybridized carbons (Fsp3) is 0.500. The van der Waals surface area contributed by atoms with Crippen molar-refractivity contribution in [3.05, 3.63) is 29.8 Å². The monoisotopic (exact) mass is 335 g/mol. The average molecular weight is 335 g/mol. The molecule has 0 aliphatic carbocycles. The minimum atomic E-state index is -3.70. The molecule has 0 spiro atoms. The van der Waals surface area contributed by atoms with Gasteiger partial charge in [0.1, 0.15) is 6.07 Å². The van der Waals surface area contributed by atoms with Gasteiger partial charge in [-0.05, 0) is 18.6 Å². The summed E-state index contributed by atoms with van der Waals surface area (Å²) in [6.45, 7) is 3.36. The summed E-state index contributed by atoms with van der Waals surface area (Å²) in [4.78, 5) is 13.8. The molecule has 1 fully saturated rings. The Morgan fingerprint density at radius 2 is 1.87 bits per heavy atom. The first kappa shape index (κ1) is 17.4. The molecular weight excluding hydrogens is 314 g/mol. The molecule has 23 heavy (non-hydrogen) atoms. The summed E-state index contributed by atoms with van der Waals surface area (Å²) in [6.07, 6.45) is 2.33. The number of sulfonamides is 1. The zero-order valence-electron chi connectivity index (χ0n) is 13.2. The van der Waals surface area contributed by atoms with Crippen molar-refractivity contribution in [3.8, 4) is 6.07 Å². The van der Waals surface area contributed by atoms with Gasteiger partial charge in [0.25, 0.3) is 0 Å². The van der Waals surface area contributed by atoms with Gasteiger partial charge in [0.05, 0.1) is 10.5 Å². The smallest absolute Gasteiger partial charge is 0.244 e. The second kappa shape index (κ2) is 7.57. The maximum atomic E-state index is 12.7. The summed E-state index contributed by atoms with van der Waals surface area (Å²) in [6, 6.07) is 8.12. The number of amides is 1. The molecule has 7 heteroatoms. The van der Waals surface area contributed by atoms with E-state index in [0.717, 1.165) is 12.8 Å². The fourth-order valence-corrected chi connectivity index (χ4v) is 4.15. The first-order chi connectivity index (χ1) is 11.0. The molecule has 1 saturated heterocycles. The lowest BCUT2D eigenvalue weighted by Crippen LogP contribution is -2.50. The number of nitrogens with zero attached hydrogens (tertiary/aromatic N) is 3. The second-order valence-electron chi connectivity index (χ2n) is 5.50. The molecule has 0 radical (unpaired) electrons. The summed E-state index contributed by atoms with van der Waals surface area (Å²) in [5.41, 5.74) is 0.147. The Hall–Kier alpha value is -1.91. The lowest BCUT2D eigenvalue weighted by molar-refractivity contribution is -0.132. The Bertz CT molecular complexity index is 702. The lowest BCUT2D eigenvalue weighted by Gasteiger charge is -2.34. The van der Waals surface area contributed by atoms with Crippen LogP contribution in [0.2, 0.25) is 0 Å². The van der Waals surface area contributed by atoms with Crippen LogP contribution in [0.1, 0.15) is 31.7 Å². The number of carbonyl (C=O) groups excluding carboxylic acids is 1. The molecular formula is C16H21N3O3S. The van der Waals surface area contributed by atoms with Gasteiger partial charge in [-0.3, -0.25) is 4.79 Å². The standard InChI is InChI=1S/C16H21N3O3S/c1-2-3-8-16(20)18-9-11-19(12-10-18)23(21,22)15-7-5-4-6-14(15)13-17/h4-7H,2-3,8-12H2,1H3. The molecule has 0 saturated carbocycles. The molecule has 1 aromatic rings. The van der Waals surface area contributed by atoms with Crippen molar-refractivity contribution in [1.82, 2.24) is 9.21 Å². The van der Waals surface area contributed by atoms with E-state index >= 15 is 0 Å². The molecule has 124 valence electrons. The molecule has 2 rings (SSSR count). The number of unbranched alkanes of at least 4 members (excludes halogenated alkanes) is 1. The normalized spacial score (nSPS) is 16.1. The SMILES string of the molecule is CCCCC(=O)N1CCN(S(=O)(=O)c2ccccc2C#N)CC1. The Kier molecular flexibility index (Phi) is 5.74. The van der Waals surface area contributed by atoms with Crippen molar-refractivity contribution >= 4 is 15.9 Å². The van der Waals surface area contributed by atoms with Crippen LogP contribution in [0.15, 0.2) is 29.2 Å². The molecule has 1 aliphatic heterocycles. The second-order valence-corrected chi connectivity index (χ2v) is 7.40. The van der Waals surface area contributed by atoms with Crippen LogP contribution in [0.25, 0.3) is 0 Å². The van der Waals surface area contributed by atoms with Gasteiger partial charge in [-0.1, -0.05) is 25.5 Å². The summed E-state index contributed by atoms with van der Waals surface area (Å²) >= 11 is 0. The number of hydrogen-bond acceptors (Lipinski definition) is 4. The van der Waals surface area contributed by atoms with Crippen LogP contribution in [-0.2, 0) is 14.8 Å². The van der Waals surface area contributed by atoms with Gasteiger partial charge in [-0.15, -0.1) is 0 Å². The summed E-state index contributed by atoms with van der Waals surface area (Å²) < 4.78 is 26.7. The third-order valence-corrected chi connectivity index (χ3v) is 5.92. The van der Waals surface area contributed by atoms with Gasteiger partial charge in [0, 0.05) is 32.6 Å². The number of carbonyl (C=O) groups is 1. The zero-order valence-corrected chi connectivity index (χ0v) is 14.1. The van der Waals surface area contributed by atoms with Gasteiger partial charge in [0.2, 0.25) is 15.9 Å². The van der Waals surface area contributed by atoms with E-state index in [2.05, 4.69) is 0 Å². The lowest BCUT2D eigenvalue weighted by atomic mass is 10.2. The van der Waals surface area contributed by atoms with Crippen molar-refractivity contribution < 1.29 is 13.2 Å². The van der Waals surface area contributed by atoms with Crippen LogP contribution in [0.3, 0.4) is 0 Å². The van der Waals surface area contributed by atoms with E-state index in [1.165, 1.54) is 16.4 Å². The fourth-order valence-electron chi connectivity index (χ4n) is 2.59. The predicted molar refractivity (Wildman–Crippen MR) is 86.0 cm³/mol. The number of rotatable bonds is 5. The van der Waals surface area contributed by atoms with Crippen LogP contribution in [0.5, 0.6) is 0 Å². The van der Waals surface area contributed by atoms with Crippen LogP contribution in [0, 0.1) is 11.3 Å². The van der Waals surface area contributed by atoms with Crippen molar-refractivity contribution in [3.63, 3.8) is 0 Å². The largest absolute Gasteiger partial charge is 0.340 e. The molecule has 0 aromatic heterocycles. The van der Waals surface area contributed by atoms with Crippen LogP contribution < -0.4 is 0 Å². The number of benzene rings is 1. The summed E-state index contributed by atoms with van der Waals surface area (Å²) in [5.74, 6) is 0.0846. The van der Waals surface area contributed by atoms with E-state index in [9.17, 15) is 13.2 Å². The number of hydrogen-bond donors (Lipinski definition) is 0. The van der Waals surface area contributed by atoms with Gasteiger partial charge < -0.3 is 4.90 Å². The van der Waals surface area contributed by atoms with E-state index in [0.29, 0.717) is 19.5 Å². The predicted octanol–water partition coefficient (Wildman–Crippen LogP) is 1.58. The molecule has 1 heterocycles. The maximum Gasteiger partial charge on any atom is 0.244 e. The minimum Gasteiger partial charge on any atom is -0.340 e. The van der Waals surface area contributed by atoms with Gasteiger partial charge >= 0.3 is 0 Å². The third-order valence-electron chi connectivity index (χ3n) is 3.96. The maximum absolute atomic E-state index is 12.7. The zero-order chi connectivity index (χ0) is 16.9. The van der Waals surface area contributed by atoms with Crippen LogP contribution >= 0.6 is 0 Å². The Morgan fingerprint density at radius 1 is 1.22 bits per heavy atom. The van der Waals surface area contributed by atoms with Crippen molar-refractivity contribution in [2.45, 2.75) is 31.1 Å². The highest BCUT2D eigenvalue weighted by Crippen LogP contribution is 2.21. The highest BCUT2D eigenvalue weighted by molar-refractivity contribution is 7.89. The van der Waals surface area contributed by atoms with E-state index < -0.39 is 10.0 Å². The molecule has 0 N–H and O–H groups in total. The number of piperazine rings is 1. The topological polar surface area (TPSA) is 81.5 Å². The molecule has 1 amide bonds. The molecule has 0 bridgehead atoms. The third kappa shape index (κ3) is 3.89. The molecule has 6 nitrogen and oxygen atoms in total. The van der Waals surface area contributed by atoms with E-state index in [-0.39, 0.29) is 29.5 Å². The molecule has 0 unspecified atom stereocenters. The average Bonchev–Trinajstić information content (AvgIpc) is 2.59. The van der Waals surface area contributed by atoms with Crippen molar-refractivity contribution in [2.24, 2.45) is 0 Å². The first-order valence-electron chi connectivity index (χ1n) is 7.77. The highest BCUT2D eigenvalue weighted by atomic mass is 32.2. The molecule has 0 atom stereocenters. The summed E-state index contributed by atoms with van der Waals surface area (Å²) in [7, 11) is -3.70. The van der Waals surface area contributed by atoms with E-state index in [1.807, 2.05) is 13.0 Å². The summed E-state index contributed by atoms with van der Waals surface area (Å²) in [5, 5.41) is 9.09. The minimum absolute atomic E-state index is 0.0354. The Balaban J connectivity index is 2.07. The molecule has 1 aliphatic rings. The Labute approximate surface area is 137 Å².